The Labute approximate surface area is 283 Å². The second-order valence-corrected chi connectivity index (χ2v) is 13.2. The van der Waals surface area contributed by atoms with Crippen LogP contribution in [0.4, 0.5) is 4.79 Å². The first-order valence-electron chi connectivity index (χ1n) is 16.8. The Hall–Kier alpha value is -3.35. The first-order chi connectivity index (χ1) is 22.1. The molecule has 2 fully saturated rings. The van der Waals surface area contributed by atoms with Crippen molar-refractivity contribution >= 4 is 23.9 Å². The van der Waals surface area contributed by atoms with Crippen LogP contribution in [0.15, 0.2) is 30.4 Å². The van der Waals surface area contributed by atoms with Crippen molar-refractivity contribution in [2.75, 3.05) is 26.3 Å². The Kier molecular flexibility index (Phi) is 12.5. The van der Waals surface area contributed by atoms with Crippen LogP contribution in [0.2, 0.25) is 0 Å². The molecule has 4 aliphatic rings. The molecule has 3 heterocycles. The molecule has 5 atom stereocenters. The lowest BCUT2D eigenvalue weighted by Gasteiger charge is -2.28. The first kappa shape index (κ1) is 36.5. The number of carbonyl (C=O) groups is 4. The molecule has 3 amide bonds. The van der Waals surface area contributed by atoms with Crippen LogP contribution in [-0.2, 0) is 36.9 Å². The molecule has 260 valence electrons. The fraction of sp³-hybridized carbons (Fsp3) is 0.647. The van der Waals surface area contributed by atoms with Gasteiger partial charge >= 0.3 is 12.1 Å². The Morgan fingerprint density at radius 2 is 1.94 bits per heavy atom. The molecule has 13 heteroatoms. The Morgan fingerprint density at radius 3 is 2.70 bits per heavy atom. The van der Waals surface area contributed by atoms with E-state index in [1.807, 2.05) is 24.3 Å². The molecule has 12 nitrogen and oxygen atoms in total. The maximum Gasteiger partial charge on any atom is 0.410 e. The number of hydrogen-bond donors (Lipinski definition) is 3. The average Bonchev–Trinajstić information content (AvgIpc) is 3.33. The highest BCUT2D eigenvalue weighted by Crippen LogP contribution is 2.46. The minimum Gasteiger partial charge on any atom is -1.00 e. The number of ether oxygens (including phenoxy) is 3. The van der Waals surface area contributed by atoms with E-state index in [1.54, 1.807) is 11.8 Å². The second-order valence-electron chi connectivity index (χ2n) is 13.2. The Balaban J connectivity index is 0.00000500. The molecule has 1 aromatic rings. The Morgan fingerprint density at radius 1 is 1.15 bits per heavy atom. The van der Waals surface area contributed by atoms with Gasteiger partial charge in [0.15, 0.2) is 0 Å². The molecule has 0 unspecified atom stereocenters. The van der Waals surface area contributed by atoms with E-state index in [-0.39, 0.29) is 43.8 Å². The van der Waals surface area contributed by atoms with Gasteiger partial charge in [-0.1, -0.05) is 44.9 Å². The van der Waals surface area contributed by atoms with E-state index in [1.165, 1.54) is 4.90 Å². The molecule has 1 saturated heterocycles. The third-order valence-corrected chi connectivity index (χ3v) is 9.27. The number of rotatable bonds is 8. The van der Waals surface area contributed by atoms with Crippen molar-refractivity contribution in [1.82, 2.24) is 20.4 Å². The highest BCUT2D eigenvalue weighted by atomic mass is 35.5. The number of halogens is 1. The molecule has 0 bridgehead atoms. The topological polar surface area (TPSA) is 153 Å². The molecule has 4 N–H and O–H groups in total. The van der Waals surface area contributed by atoms with Gasteiger partial charge in [0.1, 0.15) is 30.0 Å². The fourth-order valence-corrected chi connectivity index (χ4v) is 6.61. The SMILES string of the molecule is CCOC(=O)[C@@]12C[C@H]1/C=C\CCCCC[C@H](N)C(=O)N1C[C@H](OC(=O)N3Cc4ccc(OCCNC(C)C)cc4C3)C[C@H]1C(=O)N2.[Cl-]. The van der Waals surface area contributed by atoms with Crippen molar-refractivity contribution in [1.29, 1.82) is 0 Å². The lowest BCUT2D eigenvalue weighted by atomic mass is 10.1. The Bertz CT molecular complexity index is 1330. The van der Waals surface area contributed by atoms with Crippen LogP contribution < -0.4 is 33.5 Å². The predicted molar refractivity (Wildman–Crippen MR) is 171 cm³/mol. The van der Waals surface area contributed by atoms with Gasteiger partial charge in [0.05, 0.1) is 19.2 Å². The molecule has 3 aliphatic heterocycles. The monoisotopic (exact) mass is 674 g/mol. The van der Waals surface area contributed by atoms with E-state index < -0.39 is 41.7 Å². The van der Waals surface area contributed by atoms with Gasteiger partial charge in [0.2, 0.25) is 11.8 Å². The molecular weight excluding hydrogens is 626 g/mol. The lowest BCUT2D eigenvalue weighted by molar-refractivity contribution is -0.150. The number of allylic oxidation sites excluding steroid dienone is 1. The van der Waals surface area contributed by atoms with Crippen molar-refractivity contribution in [2.45, 2.75) is 109 Å². The van der Waals surface area contributed by atoms with Crippen molar-refractivity contribution in [3.8, 4) is 5.75 Å². The zero-order valence-electron chi connectivity index (χ0n) is 27.7. The van der Waals surface area contributed by atoms with Gasteiger partial charge in [-0.2, -0.15) is 0 Å². The van der Waals surface area contributed by atoms with Gasteiger partial charge < -0.3 is 47.9 Å². The zero-order valence-corrected chi connectivity index (χ0v) is 28.4. The average molecular weight is 675 g/mol. The fourth-order valence-electron chi connectivity index (χ4n) is 6.61. The number of fused-ring (bicyclic) bond motifs is 3. The highest BCUT2D eigenvalue weighted by molar-refractivity contribution is 5.96. The van der Waals surface area contributed by atoms with Gasteiger partial charge in [-0.25, -0.2) is 9.59 Å². The maximum atomic E-state index is 13.8. The minimum absolute atomic E-state index is 0. The number of benzene rings is 1. The number of carbonyl (C=O) groups excluding carboxylic acids is 4. The highest BCUT2D eigenvalue weighted by Gasteiger charge is 2.62. The van der Waals surface area contributed by atoms with E-state index in [0.29, 0.717) is 38.6 Å². The van der Waals surface area contributed by atoms with E-state index in [4.69, 9.17) is 19.9 Å². The quantitative estimate of drug-likeness (QED) is 0.193. The molecule has 47 heavy (non-hydrogen) atoms. The summed E-state index contributed by atoms with van der Waals surface area (Å²) < 4.78 is 17.1. The second kappa shape index (κ2) is 16.2. The van der Waals surface area contributed by atoms with Gasteiger partial charge in [-0.15, -0.1) is 0 Å². The van der Waals surface area contributed by atoms with E-state index >= 15 is 0 Å². The van der Waals surface area contributed by atoms with E-state index in [2.05, 4.69) is 30.6 Å². The third kappa shape index (κ3) is 8.77. The van der Waals surface area contributed by atoms with Crippen LogP contribution >= 0.6 is 0 Å². The summed E-state index contributed by atoms with van der Waals surface area (Å²) in [4.78, 5) is 56.8. The van der Waals surface area contributed by atoms with Crippen LogP contribution in [0, 0.1) is 5.92 Å². The summed E-state index contributed by atoms with van der Waals surface area (Å²) in [6.45, 7) is 8.18. The number of nitrogens with two attached hydrogens (primary N) is 1. The van der Waals surface area contributed by atoms with Crippen molar-refractivity contribution in [3.63, 3.8) is 0 Å². The van der Waals surface area contributed by atoms with Gasteiger partial charge in [0.25, 0.3) is 0 Å². The predicted octanol–water partition coefficient (Wildman–Crippen LogP) is -0.225. The molecule has 1 aliphatic carbocycles. The summed E-state index contributed by atoms with van der Waals surface area (Å²) in [7, 11) is 0. The summed E-state index contributed by atoms with van der Waals surface area (Å²) in [5.41, 5.74) is 7.17. The lowest BCUT2D eigenvalue weighted by Crippen LogP contribution is -3.00. The summed E-state index contributed by atoms with van der Waals surface area (Å²) >= 11 is 0. The minimum atomic E-state index is -1.16. The van der Waals surface area contributed by atoms with Crippen LogP contribution in [0.25, 0.3) is 0 Å². The van der Waals surface area contributed by atoms with Crippen molar-refractivity contribution in [2.24, 2.45) is 11.7 Å². The van der Waals surface area contributed by atoms with Gasteiger partial charge in [-0.3, -0.25) is 14.5 Å². The van der Waals surface area contributed by atoms with Crippen LogP contribution in [-0.4, -0.2) is 89.7 Å². The summed E-state index contributed by atoms with van der Waals surface area (Å²) in [6.07, 6.45) is 7.36. The third-order valence-electron chi connectivity index (χ3n) is 9.27. The van der Waals surface area contributed by atoms with Crippen LogP contribution in [0.5, 0.6) is 5.75 Å². The number of nitrogens with zero attached hydrogens (tertiary/aromatic N) is 2. The van der Waals surface area contributed by atoms with E-state index in [0.717, 1.165) is 49.1 Å². The molecule has 0 radical (unpaired) electrons. The normalized spacial score (nSPS) is 28.1. The van der Waals surface area contributed by atoms with Gasteiger partial charge in [-0.05, 0) is 55.9 Å². The van der Waals surface area contributed by atoms with E-state index in [9.17, 15) is 19.2 Å². The standard InChI is InChI=1S/C34H49N5O7.ClH/c1-4-44-32(42)34-18-25(34)10-8-6-5-7-9-11-28(35)31(41)39-21-27(17-29(39)30(40)37-34)46-33(43)38-19-23-12-13-26(16-24(23)20-38)45-15-14-36-22(2)3;/h8,10,12-13,16,22,25,27-29,36H,4-7,9,11,14-15,17-21,35H2,1-3H3,(H,37,40);1H/p-1/b10-8-;/t25-,27-,28+,29+,34-;/m1./s1. The van der Waals surface area contributed by atoms with Gasteiger partial charge in [0, 0.05) is 38.0 Å². The zero-order chi connectivity index (χ0) is 32.8. The maximum absolute atomic E-state index is 13.8. The molecule has 0 aromatic heterocycles. The largest absolute Gasteiger partial charge is 1.00 e. The van der Waals surface area contributed by atoms with Crippen molar-refractivity contribution in [3.05, 3.63) is 41.5 Å². The molecule has 5 rings (SSSR count). The van der Waals surface area contributed by atoms with Crippen molar-refractivity contribution < 1.29 is 45.8 Å². The van der Waals surface area contributed by atoms with Crippen LogP contribution in [0.3, 0.4) is 0 Å². The number of esters is 1. The van der Waals surface area contributed by atoms with Crippen LogP contribution in [0.1, 0.15) is 76.8 Å². The number of hydrogen-bond acceptors (Lipinski definition) is 9. The smallest absolute Gasteiger partial charge is 0.410 e. The molecule has 1 saturated carbocycles. The summed E-state index contributed by atoms with van der Waals surface area (Å²) in [6, 6.07) is 4.50. The summed E-state index contributed by atoms with van der Waals surface area (Å²) in [5, 5.41) is 6.25. The summed E-state index contributed by atoms with van der Waals surface area (Å²) in [5.74, 6) is -0.736. The molecule has 1 aromatic carbocycles. The number of nitrogens with one attached hydrogen (secondary N) is 2. The molecule has 0 spiro atoms. The first-order valence-corrected chi connectivity index (χ1v) is 16.8. The number of amides is 3. The molecular formula is C34H49ClN5O7-.